The van der Waals surface area contributed by atoms with Crippen molar-refractivity contribution in [2.75, 3.05) is 0 Å². The Morgan fingerprint density at radius 3 is 2.82 bits per heavy atom. The number of carbonyl (C=O) groups is 1. The fourth-order valence-corrected chi connectivity index (χ4v) is 3.22. The van der Waals surface area contributed by atoms with Crippen molar-refractivity contribution in [2.24, 2.45) is 0 Å². The Balaban J connectivity index is 0.00000204. The predicted molar refractivity (Wildman–Crippen MR) is 117 cm³/mol. The van der Waals surface area contributed by atoms with Crippen LogP contribution in [0, 0.1) is 11.3 Å². The Labute approximate surface area is 213 Å². The molecule has 164 valence electrons. The Morgan fingerprint density at radius 2 is 2.09 bits per heavy atom. The van der Waals surface area contributed by atoms with E-state index in [1.54, 1.807) is 29.1 Å². The number of aryl methyl sites for hydroxylation is 1. The first kappa shape index (κ1) is 24.5. The topological polar surface area (TPSA) is 127 Å². The van der Waals surface area contributed by atoms with E-state index in [0.29, 0.717) is 35.1 Å². The molecule has 2 aromatic heterocycles. The van der Waals surface area contributed by atoms with Crippen LogP contribution in [0.5, 0.6) is 5.75 Å². The Bertz CT molecular complexity index is 1330. The van der Waals surface area contributed by atoms with Gasteiger partial charge in [-0.15, -0.1) is 0 Å². The van der Waals surface area contributed by atoms with Gasteiger partial charge in [-0.2, -0.15) is 15.3 Å². The van der Waals surface area contributed by atoms with E-state index in [2.05, 4.69) is 21.3 Å². The zero-order valence-electron chi connectivity index (χ0n) is 19.6. The summed E-state index contributed by atoms with van der Waals surface area (Å²) in [5.74, 6) is 0.349. The number of nitrogens with zero attached hydrogens (tertiary/aromatic N) is 5. The van der Waals surface area contributed by atoms with Crippen LogP contribution >= 0.6 is 0 Å². The summed E-state index contributed by atoms with van der Waals surface area (Å²) in [5, 5.41) is 27.5. The van der Waals surface area contributed by atoms with Crippen LogP contribution in [0.4, 0.5) is 0 Å². The van der Waals surface area contributed by atoms with E-state index >= 15 is 0 Å². The third kappa shape index (κ3) is 5.42. The molecule has 9 nitrogen and oxygen atoms in total. The Morgan fingerprint density at radius 1 is 1.30 bits per heavy atom. The summed E-state index contributed by atoms with van der Waals surface area (Å²) in [6.45, 7) is 4.26. The van der Waals surface area contributed by atoms with E-state index in [4.69, 9.17) is 14.4 Å². The van der Waals surface area contributed by atoms with Crippen molar-refractivity contribution in [3.05, 3.63) is 48.2 Å². The molecule has 0 spiro atoms. The number of ether oxygens (including phenoxy) is 1. The molecule has 0 radical (unpaired) electrons. The van der Waals surface area contributed by atoms with E-state index in [0.717, 1.165) is 22.9 Å². The zero-order valence-corrected chi connectivity index (χ0v) is 20.6. The molecule has 0 saturated carbocycles. The number of fused-ring (bicyclic) bond motifs is 1. The molecule has 4 rings (SSSR count). The fourth-order valence-electron chi connectivity index (χ4n) is 3.22. The van der Waals surface area contributed by atoms with Crippen LogP contribution in [0.2, 0.25) is 0 Å². The maximum absolute atomic E-state index is 10.8. The summed E-state index contributed by atoms with van der Waals surface area (Å²) in [5.41, 5.74) is 2.59. The summed E-state index contributed by atoms with van der Waals surface area (Å²) in [4.78, 5) is 15.3. The second kappa shape index (κ2) is 10.6. The molecule has 2 aromatic carbocycles. The second-order valence-corrected chi connectivity index (χ2v) is 7.37. The average molecular weight is 455 g/mol. The van der Waals surface area contributed by atoms with Crippen LogP contribution in [-0.4, -0.2) is 37.1 Å². The van der Waals surface area contributed by atoms with Crippen molar-refractivity contribution in [3.63, 3.8) is 0 Å². The maximum Gasteiger partial charge on any atom is 1.00 e. The fraction of sp³-hybridized carbons (Fsp3) is 0.261. The third-order valence-corrected chi connectivity index (χ3v) is 5.11. The molecule has 10 heteroatoms. The number of carboxylic acids is 1. The number of hydrogen-bond acceptors (Lipinski definition) is 7. The normalized spacial score (nSPS) is 11.5. The first-order valence-corrected chi connectivity index (χ1v) is 10.2. The van der Waals surface area contributed by atoms with Crippen LogP contribution in [0.15, 0.2) is 47.1 Å². The number of aliphatic carboxylic acids is 1. The molecule has 0 amide bonds. The molecule has 0 aliphatic heterocycles. The quantitative estimate of drug-likeness (QED) is 0.395. The number of carboxylic acid groups (broad SMARTS) is 1. The van der Waals surface area contributed by atoms with Crippen molar-refractivity contribution in [3.8, 4) is 34.7 Å². The first-order chi connectivity index (χ1) is 15.5. The average Bonchev–Trinajstić information content (AvgIpc) is 3.45. The van der Waals surface area contributed by atoms with Crippen molar-refractivity contribution in [2.45, 2.75) is 39.3 Å². The minimum atomic E-state index is -0.872. The molecule has 0 aliphatic rings. The summed E-state index contributed by atoms with van der Waals surface area (Å²) in [7, 11) is 0. The van der Waals surface area contributed by atoms with Crippen LogP contribution in [-0.2, 0) is 11.3 Å². The van der Waals surface area contributed by atoms with Crippen LogP contribution in [0.25, 0.3) is 33.7 Å². The van der Waals surface area contributed by atoms with E-state index in [1.807, 2.05) is 32.0 Å². The zero-order chi connectivity index (χ0) is 22.7. The van der Waals surface area contributed by atoms with Crippen molar-refractivity contribution in [1.29, 1.82) is 5.26 Å². The monoisotopic (exact) mass is 455 g/mol. The van der Waals surface area contributed by atoms with Crippen LogP contribution in [0.1, 0.15) is 33.7 Å². The molecule has 1 atom stereocenters. The summed E-state index contributed by atoms with van der Waals surface area (Å²) in [6, 6.07) is 12.9. The molecular formula is C23H22N5NaO4. The Hall–Kier alpha value is -3.19. The van der Waals surface area contributed by atoms with Gasteiger partial charge in [0.2, 0.25) is 5.82 Å². The van der Waals surface area contributed by atoms with Gasteiger partial charge in [-0.25, -0.2) is 0 Å². The molecule has 33 heavy (non-hydrogen) atoms. The summed E-state index contributed by atoms with van der Waals surface area (Å²) < 4.78 is 12.9. The van der Waals surface area contributed by atoms with Gasteiger partial charge in [-0.05, 0) is 49.7 Å². The standard InChI is InChI=1S/C23H21N5O4.Na.H/c1-3-14(2)31-20-7-5-16(11-17(20)12-24)23-26-22(27-32-23)15-4-6-19-18(10-15)13-25-28(19)9-8-21(29)30;;/h4-7,10-11,13-14H,3,8-9H2,1-2H3,(H,29,30);;/q;+1;-1/t14-;;/m1../s1. The minimum Gasteiger partial charge on any atom is -1.00 e. The number of aromatic nitrogens is 4. The summed E-state index contributed by atoms with van der Waals surface area (Å²) >= 11 is 0. The molecule has 4 aromatic rings. The maximum atomic E-state index is 10.8. The largest absolute Gasteiger partial charge is 1.00 e. The van der Waals surface area contributed by atoms with Crippen molar-refractivity contribution in [1.82, 2.24) is 19.9 Å². The van der Waals surface area contributed by atoms with E-state index < -0.39 is 5.97 Å². The summed E-state index contributed by atoms with van der Waals surface area (Å²) in [6.07, 6.45) is 2.52. The molecule has 1 N–H and O–H groups in total. The minimum absolute atomic E-state index is 0. The van der Waals surface area contributed by atoms with Gasteiger partial charge in [-0.1, -0.05) is 12.1 Å². The van der Waals surface area contributed by atoms with E-state index in [1.165, 1.54) is 0 Å². The Kier molecular flexibility index (Phi) is 7.87. The smallest absolute Gasteiger partial charge is 1.00 e. The molecular weight excluding hydrogens is 433 g/mol. The second-order valence-electron chi connectivity index (χ2n) is 7.37. The van der Waals surface area contributed by atoms with Gasteiger partial charge in [0, 0.05) is 16.5 Å². The van der Waals surface area contributed by atoms with Gasteiger partial charge in [0.1, 0.15) is 11.8 Å². The van der Waals surface area contributed by atoms with E-state index in [9.17, 15) is 10.1 Å². The SMILES string of the molecule is CC[C@@H](C)Oc1ccc(-c2nc(-c3ccc4c(cnn4CCC(=O)O)c3)no2)cc1C#N.[H-].[Na+]. The van der Waals surface area contributed by atoms with Gasteiger partial charge in [0.15, 0.2) is 0 Å². The van der Waals surface area contributed by atoms with Gasteiger partial charge < -0.3 is 15.8 Å². The van der Waals surface area contributed by atoms with Gasteiger partial charge in [0.05, 0.1) is 36.3 Å². The molecule has 2 heterocycles. The third-order valence-electron chi connectivity index (χ3n) is 5.11. The van der Waals surface area contributed by atoms with Gasteiger partial charge in [-0.3, -0.25) is 9.48 Å². The predicted octanol–water partition coefficient (Wildman–Crippen LogP) is 1.39. The van der Waals surface area contributed by atoms with Crippen LogP contribution < -0.4 is 34.3 Å². The van der Waals surface area contributed by atoms with E-state index in [-0.39, 0.29) is 43.5 Å². The molecule has 0 aliphatic carbocycles. The van der Waals surface area contributed by atoms with Gasteiger partial charge in [0.25, 0.3) is 5.89 Å². The first-order valence-electron chi connectivity index (χ1n) is 10.2. The van der Waals surface area contributed by atoms with Gasteiger partial charge >= 0.3 is 35.5 Å². The number of nitriles is 1. The molecule has 0 unspecified atom stereocenters. The molecule has 0 fully saturated rings. The number of hydrogen-bond donors (Lipinski definition) is 1. The number of rotatable bonds is 8. The molecule has 0 bridgehead atoms. The van der Waals surface area contributed by atoms with Crippen LogP contribution in [0.3, 0.4) is 0 Å². The number of benzene rings is 2. The van der Waals surface area contributed by atoms with Crippen molar-refractivity contribution >= 4 is 16.9 Å². The van der Waals surface area contributed by atoms with Crippen molar-refractivity contribution < 1.29 is 50.1 Å². The molecule has 0 saturated heterocycles.